The van der Waals surface area contributed by atoms with E-state index in [1.54, 1.807) is 0 Å². The summed E-state index contributed by atoms with van der Waals surface area (Å²) in [5, 5.41) is 3.48. The second-order valence-electron chi connectivity index (χ2n) is 5.07. The van der Waals surface area contributed by atoms with Crippen LogP contribution in [-0.2, 0) is 0 Å². The van der Waals surface area contributed by atoms with Crippen molar-refractivity contribution in [2.45, 2.75) is 19.9 Å². The van der Waals surface area contributed by atoms with Crippen LogP contribution >= 0.6 is 0 Å². The Morgan fingerprint density at radius 1 is 1.22 bits per heavy atom. The Labute approximate surface area is 111 Å². The lowest BCUT2D eigenvalue weighted by Crippen LogP contribution is -2.52. The van der Waals surface area contributed by atoms with Crippen molar-refractivity contribution in [2.24, 2.45) is 0 Å². The predicted octanol–water partition coefficient (Wildman–Crippen LogP) is 2.12. The summed E-state index contributed by atoms with van der Waals surface area (Å²) in [4.78, 5) is 5.12. The Bertz CT molecular complexity index is 339. The van der Waals surface area contributed by atoms with Crippen molar-refractivity contribution in [2.75, 3.05) is 44.6 Å². The zero-order chi connectivity index (χ0) is 12.8. The van der Waals surface area contributed by atoms with Gasteiger partial charge in [-0.15, -0.1) is 0 Å². The van der Waals surface area contributed by atoms with Crippen LogP contribution < -0.4 is 5.32 Å². The molecule has 18 heavy (non-hydrogen) atoms. The van der Waals surface area contributed by atoms with Crippen LogP contribution in [0.25, 0.3) is 0 Å². The van der Waals surface area contributed by atoms with Gasteiger partial charge in [0.15, 0.2) is 0 Å². The molecule has 1 fully saturated rings. The number of nitrogens with zero attached hydrogens (tertiary/aromatic N) is 2. The molecule has 3 nitrogen and oxygen atoms in total. The number of hydrogen-bond donors (Lipinski definition) is 1. The first-order chi connectivity index (χ1) is 8.79. The summed E-state index contributed by atoms with van der Waals surface area (Å²) >= 11 is 0. The summed E-state index contributed by atoms with van der Waals surface area (Å²) in [6, 6.07) is 11.1. The number of para-hydroxylation sites is 1. The van der Waals surface area contributed by atoms with Crippen molar-refractivity contribution in [3.8, 4) is 0 Å². The Balaban J connectivity index is 1.69. The Hall–Kier alpha value is -1.06. The van der Waals surface area contributed by atoms with Gasteiger partial charge in [0.25, 0.3) is 0 Å². The lowest BCUT2D eigenvalue weighted by Gasteiger charge is -2.39. The summed E-state index contributed by atoms with van der Waals surface area (Å²) in [7, 11) is 0. The fourth-order valence-electron chi connectivity index (χ4n) is 2.66. The molecule has 3 heteroatoms. The van der Waals surface area contributed by atoms with Crippen LogP contribution in [0.4, 0.5) is 5.69 Å². The fraction of sp³-hybridized carbons (Fsp3) is 0.600. The molecule has 2 rings (SSSR count). The minimum absolute atomic E-state index is 0.695. The van der Waals surface area contributed by atoms with Gasteiger partial charge in [-0.05, 0) is 25.6 Å². The van der Waals surface area contributed by atoms with E-state index in [1.807, 2.05) is 0 Å². The topological polar surface area (TPSA) is 18.5 Å². The molecule has 1 heterocycles. The molecule has 1 atom stereocenters. The van der Waals surface area contributed by atoms with Gasteiger partial charge in [0.2, 0.25) is 0 Å². The molecule has 1 aliphatic rings. The number of piperazine rings is 1. The molecule has 1 unspecified atom stereocenters. The Morgan fingerprint density at radius 2 is 2.00 bits per heavy atom. The molecule has 1 N–H and O–H groups in total. The first kappa shape index (κ1) is 13.4. The Kier molecular flexibility index (Phi) is 5.02. The lowest BCUT2D eigenvalue weighted by atomic mass is 10.2. The quantitative estimate of drug-likeness (QED) is 0.860. The minimum atomic E-state index is 0.695. The highest BCUT2D eigenvalue weighted by Gasteiger charge is 2.21. The van der Waals surface area contributed by atoms with Crippen molar-refractivity contribution in [3.05, 3.63) is 30.3 Å². The van der Waals surface area contributed by atoms with Gasteiger partial charge in [0.1, 0.15) is 0 Å². The molecular formula is C15H25N3. The van der Waals surface area contributed by atoms with Crippen LogP contribution in [0.2, 0.25) is 0 Å². The van der Waals surface area contributed by atoms with Gasteiger partial charge in [-0.3, -0.25) is 9.80 Å². The van der Waals surface area contributed by atoms with Crippen molar-refractivity contribution in [1.82, 2.24) is 9.80 Å². The molecule has 0 aliphatic carbocycles. The normalized spacial score (nSPS) is 22.0. The van der Waals surface area contributed by atoms with E-state index in [0.717, 1.165) is 13.1 Å². The zero-order valence-corrected chi connectivity index (χ0v) is 11.6. The van der Waals surface area contributed by atoms with E-state index in [4.69, 9.17) is 0 Å². The summed E-state index contributed by atoms with van der Waals surface area (Å²) in [5.74, 6) is 0. The molecular weight excluding hydrogens is 222 g/mol. The Morgan fingerprint density at radius 3 is 2.67 bits per heavy atom. The number of rotatable bonds is 5. The third-order valence-electron chi connectivity index (χ3n) is 3.79. The van der Waals surface area contributed by atoms with Gasteiger partial charge in [0, 0.05) is 44.5 Å². The fourth-order valence-corrected chi connectivity index (χ4v) is 2.66. The molecule has 0 spiro atoms. The van der Waals surface area contributed by atoms with Gasteiger partial charge in [0.05, 0.1) is 0 Å². The van der Waals surface area contributed by atoms with Crippen LogP contribution in [0, 0.1) is 0 Å². The van der Waals surface area contributed by atoms with Gasteiger partial charge < -0.3 is 5.32 Å². The maximum atomic E-state index is 3.48. The number of nitrogens with one attached hydrogen (secondary N) is 1. The second-order valence-corrected chi connectivity index (χ2v) is 5.07. The number of likely N-dealkylation sites (N-methyl/N-ethyl adjacent to an activating group) is 1. The van der Waals surface area contributed by atoms with Crippen LogP contribution in [-0.4, -0.2) is 55.1 Å². The maximum Gasteiger partial charge on any atom is 0.0340 e. The monoisotopic (exact) mass is 247 g/mol. The number of hydrogen-bond acceptors (Lipinski definition) is 3. The van der Waals surface area contributed by atoms with E-state index < -0.39 is 0 Å². The second kappa shape index (κ2) is 6.76. The van der Waals surface area contributed by atoms with Crippen LogP contribution in [0.5, 0.6) is 0 Å². The molecule has 0 bridgehead atoms. The molecule has 1 aliphatic heterocycles. The smallest absolute Gasteiger partial charge is 0.0340 e. The molecule has 0 radical (unpaired) electrons. The summed E-state index contributed by atoms with van der Waals surface area (Å²) < 4.78 is 0. The third kappa shape index (κ3) is 3.72. The molecule has 1 aromatic carbocycles. The highest BCUT2D eigenvalue weighted by Crippen LogP contribution is 2.09. The predicted molar refractivity (Wildman–Crippen MR) is 78.1 cm³/mol. The van der Waals surface area contributed by atoms with E-state index in [2.05, 4.69) is 59.3 Å². The van der Waals surface area contributed by atoms with Crippen molar-refractivity contribution >= 4 is 5.69 Å². The van der Waals surface area contributed by atoms with E-state index in [1.165, 1.54) is 31.9 Å². The first-order valence-electron chi connectivity index (χ1n) is 7.05. The number of benzene rings is 1. The average molecular weight is 247 g/mol. The van der Waals surface area contributed by atoms with Crippen molar-refractivity contribution < 1.29 is 0 Å². The molecule has 0 aromatic heterocycles. The van der Waals surface area contributed by atoms with Crippen LogP contribution in [0.1, 0.15) is 13.8 Å². The van der Waals surface area contributed by atoms with Crippen molar-refractivity contribution in [3.63, 3.8) is 0 Å². The summed E-state index contributed by atoms with van der Waals surface area (Å²) in [6.07, 6.45) is 0. The maximum absolute atomic E-state index is 3.48. The summed E-state index contributed by atoms with van der Waals surface area (Å²) in [5.41, 5.74) is 1.22. The van der Waals surface area contributed by atoms with Gasteiger partial charge in [-0.2, -0.15) is 0 Å². The number of anilines is 1. The molecule has 1 aromatic rings. The molecule has 0 amide bonds. The van der Waals surface area contributed by atoms with E-state index >= 15 is 0 Å². The highest BCUT2D eigenvalue weighted by atomic mass is 15.3. The van der Waals surface area contributed by atoms with E-state index in [-0.39, 0.29) is 0 Å². The third-order valence-corrected chi connectivity index (χ3v) is 3.79. The standard InChI is InChI=1S/C15H25N3/c1-3-18-12-11-17(13-14(18)2)10-9-16-15-7-5-4-6-8-15/h4-8,14,16H,3,9-13H2,1-2H3. The van der Waals surface area contributed by atoms with Crippen molar-refractivity contribution in [1.29, 1.82) is 0 Å². The minimum Gasteiger partial charge on any atom is -0.384 e. The highest BCUT2D eigenvalue weighted by molar-refractivity contribution is 5.42. The largest absolute Gasteiger partial charge is 0.384 e. The van der Waals surface area contributed by atoms with Crippen LogP contribution in [0.15, 0.2) is 30.3 Å². The first-order valence-corrected chi connectivity index (χ1v) is 7.05. The van der Waals surface area contributed by atoms with E-state index in [0.29, 0.717) is 6.04 Å². The average Bonchev–Trinajstić information content (AvgIpc) is 2.40. The van der Waals surface area contributed by atoms with Gasteiger partial charge >= 0.3 is 0 Å². The van der Waals surface area contributed by atoms with Crippen LogP contribution in [0.3, 0.4) is 0 Å². The molecule has 0 saturated carbocycles. The molecule has 1 saturated heterocycles. The van der Waals surface area contributed by atoms with Gasteiger partial charge in [-0.25, -0.2) is 0 Å². The van der Waals surface area contributed by atoms with E-state index in [9.17, 15) is 0 Å². The lowest BCUT2D eigenvalue weighted by molar-refractivity contribution is 0.0910. The molecule has 100 valence electrons. The SMILES string of the molecule is CCN1CCN(CCNc2ccccc2)CC1C. The van der Waals surface area contributed by atoms with Gasteiger partial charge in [-0.1, -0.05) is 25.1 Å². The summed E-state index contributed by atoms with van der Waals surface area (Å²) in [6.45, 7) is 11.5. The zero-order valence-electron chi connectivity index (χ0n) is 11.6.